The highest BCUT2D eigenvalue weighted by Crippen LogP contribution is 2.05. The van der Waals surface area contributed by atoms with E-state index >= 15 is 0 Å². The molecule has 0 aromatic carbocycles. The van der Waals surface area contributed by atoms with Gasteiger partial charge in [0, 0.05) is 6.20 Å². The highest BCUT2D eigenvalue weighted by molar-refractivity contribution is 6.03. The molecule has 0 unspecified atom stereocenters. The normalized spacial score (nSPS) is 10.3. The summed E-state index contributed by atoms with van der Waals surface area (Å²) in [5, 5.41) is 28.7. The van der Waals surface area contributed by atoms with Gasteiger partial charge in [0.2, 0.25) is 0 Å². The molecule has 4 N–H and O–H groups in total. The molecule has 7 heteroatoms. The van der Waals surface area contributed by atoms with Crippen molar-refractivity contribution in [1.82, 2.24) is 10.3 Å². The molecule has 0 bridgehead atoms. The van der Waals surface area contributed by atoms with Crippen LogP contribution in [0.4, 0.5) is 0 Å². The first-order valence-electron chi connectivity index (χ1n) is 4.81. The van der Waals surface area contributed by atoms with Crippen LogP contribution < -0.4 is 5.32 Å². The Kier molecular flexibility index (Phi) is 4.56. The Labute approximate surface area is 96.7 Å². The molecule has 0 aliphatic rings. The number of aromatic carboxylic acids is 1. The lowest BCUT2D eigenvalue weighted by Gasteiger charge is -2.13. The lowest BCUT2D eigenvalue weighted by Crippen LogP contribution is -2.41. The standard InChI is InChI=1S/C10H12N2O5/c13-4-6(5-14)12-9(15)8-7(10(16)17)2-1-3-11-8/h1-3,6,13-14H,4-5H2,(H,12,15)(H,16,17). The van der Waals surface area contributed by atoms with E-state index in [9.17, 15) is 9.59 Å². The minimum Gasteiger partial charge on any atom is -0.478 e. The van der Waals surface area contributed by atoms with E-state index in [0.717, 1.165) is 0 Å². The second kappa shape index (κ2) is 5.92. The Morgan fingerprint density at radius 2 is 2.00 bits per heavy atom. The minimum atomic E-state index is -1.27. The van der Waals surface area contributed by atoms with Crippen LogP contribution in [0.1, 0.15) is 20.8 Å². The van der Waals surface area contributed by atoms with Gasteiger partial charge in [0.1, 0.15) is 5.69 Å². The molecule has 0 saturated heterocycles. The molecule has 1 aromatic heterocycles. The minimum absolute atomic E-state index is 0.236. The highest BCUT2D eigenvalue weighted by atomic mass is 16.4. The molecule has 0 radical (unpaired) electrons. The summed E-state index contributed by atoms with van der Waals surface area (Å²) in [6, 6.07) is 1.80. The van der Waals surface area contributed by atoms with Gasteiger partial charge in [-0.05, 0) is 12.1 Å². The van der Waals surface area contributed by atoms with Gasteiger partial charge in [0.25, 0.3) is 5.91 Å². The van der Waals surface area contributed by atoms with Crippen molar-refractivity contribution in [3.05, 3.63) is 29.6 Å². The van der Waals surface area contributed by atoms with Crippen molar-refractivity contribution in [2.45, 2.75) is 6.04 Å². The van der Waals surface area contributed by atoms with Crippen LogP contribution in [-0.4, -0.2) is 51.4 Å². The molecule has 1 heterocycles. The molecule has 0 fully saturated rings. The lowest BCUT2D eigenvalue weighted by molar-refractivity contribution is 0.0688. The van der Waals surface area contributed by atoms with Crippen LogP contribution in [0, 0.1) is 0 Å². The van der Waals surface area contributed by atoms with Crippen molar-refractivity contribution < 1.29 is 24.9 Å². The predicted octanol–water partition coefficient (Wildman–Crippen LogP) is -1.14. The van der Waals surface area contributed by atoms with E-state index in [-0.39, 0.29) is 11.3 Å². The Balaban J connectivity index is 2.92. The van der Waals surface area contributed by atoms with Gasteiger partial charge < -0.3 is 20.6 Å². The molecule has 92 valence electrons. The molecule has 0 spiro atoms. The molecular weight excluding hydrogens is 228 g/mol. The summed E-state index contributed by atoms with van der Waals surface area (Å²) in [5.74, 6) is -2.02. The molecule has 1 rings (SSSR count). The fourth-order valence-electron chi connectivity index (χ4n) is 1.16. The Morgan fingerprint density at radius 3 is 2.53 bits per heavy atom. The number of hydrogen-bond acceptors (Lipinski definition) is 5. The molecule has 0 saturated carbocycles. The molecule has 0 atom stereocenters. The van der Waals surface area contributed by atoms with Crippen LogP contribution >= 0.6 is 0 Å². The number of nitrogens with one attached hydrogen (secondary N) is 1. The first-order chi connectivity index (χ1) is 8.10. The zero-order valence-electron chi connectivity index (χ0n) is 8.83. The second-order valence-corrected chi connectivity index (χ2v) is 3.24. The van der Waals surface area contributed by atoms with Gasteiger partial charge in [-0.15, -0.1) is 0 Å². The number of carboxylic acid groups (broad SMARTS) is 1. The maximum absolute atomic E-state index is 11.6. The van der Waals surface area contributed by atoms with Crippen molar-refractivity contribution in [2.75, 3.05) is 13.2 Å². The Morgan fingerprint density at radius 1 is 1.35 bits per heavy atom. The maximum atomic E-state index is 11.6. The predicted molar refractivity (Wildman–Crippen MR) is 56.6 cm³/mol. The van der Waals surface area contributed by atoms with E-state index in [1.165, 1.54) is 18.3 Å². The number of carboxylic acids is 1. The third kappa shape index (κ3) is 3.23. The van der Waals surface area contributed by atoms with Crippen molar-refractivity contribution in [1.29, 1.82) is 0 Å². The fraction of sp³-hybridized carbons (Fsp3) is 0.300. The number of pyridine rings is 1. The van der Waals surface area contributed by atoms with Gasteiger partial charge in [-0.3, -0.25) is 9.78 Å². The Hall–Kier alpha value is -1.99. The largest absolute Gasteiger partial charge is 0.478 e. The summed E-state index contributed by atoms with van der Waals surface area (Å²) >= 11 is 0. The van der Waals surface area contributed by atoms with E-state index in [1.54, 1.807) is 0 Å². The summed E-state index contributed by atoms with van der Waals surface area (Å²) in [4.78, 5) is 26.1. The van der Waals surface area contributed by atoms with Crippen LogP contribution in [0.15, 0.2) is 18.3 Å². The number of nitrogens with zero attached hydrogens (tertiary/aromatic N) is 1. The van der Waals surface area contributed by atoms with Gasteiger partial charge >= 0.3 is 5.97 Å². The third-order valence-electron chi connectivity index (χ3n) is 2.03. The van der Waals surface area contributed by atoms with E-state index < -0.39 is 31.1 Å². The number of aliphatic hydroxyl groups excluding tert-OH is 2. The molecule has 7 nitrogen and oxygen atoms in total. The van der Waals surface area contributed by atoms with Gasteiger partial charge in [-0.1, -0.05) is 0 Å². The van der Waals surface area contributed by atoms with Gasteiger partial charge in [0.05, 0.1) is 24.8 Å². The monoisotopic (exact) mass is 240 g/mol. The van der Waals surface area contributed by atoms with Crippen LogP contribution in [0.5, 0.6) is 0 Å². The van der Waals surface area contributed by atoms with Crippen molar-refractivity contribution >= 4 is 11.9 Å². The molecule has 1 amide bonds. The number of hydrogen-bond donors (Lipinski definition) is 4. The molecule has 1 aromatic rings. The SMILES string of the molecule is O=C(O)c1cccnc1C(=O)NC(CO)CO. The number of aromatic nitrogens is 1. The maximum Gasteiger partial charge on any atom is 0.338 e. The topological polar surface area (TPSA) is 120 Å². The summed E-state index contributed by atoms with van der Waals surface area (Å²) < 4.78 is 0. The van der Waals surface area contributed by atoms with Crippen LogP contribution in [-0.2, 0) is 0 Å². The number of amides is 1. The van der Waals surface area contributed by atoms with E-state index in [2.05, 4.69) is 10.3 Å². The van der Waals surface area contributed by atoms with E-state index in [0.29, 0.717) is 0 Å². The molecule has 0 aliphatic heterocycles. The third-order valence-corrected chi connectivity index (χ3v) is 2.03. The first kappa shape index (κ1) is 13.1. The molecule has 17 heavy (non-hydrogen) atoms. The molecule has 0 aliphatic carbocycles. The number of rotatable bonds is 5. The first-order valence-corrected chi connectivity index (χ1v) is 4.81. The summed E-state index contributed by atoms with van der Waals surface area (Å²) in [5.41, 5.74) is -0.494. The zero-order valence-corrected chi connectivity index (χ0v) is 8.83. The van der Waals surface area contributed by atoms with Crippen molar-refractivity contribution in [2.24, 2.45) is 0 Å². The summed E-state index contributed by atoms with van der Waals surface area (Å²) in [6.45, 7) is -0.894. The van der Waals surface area contributed by atoms with Crippen LogP contribution in [0.3, 0.4) is 0 Å². The average Bonchev–Trinajstić information content (AvgIpc) is 2.35. The van der Waals surface area contributed by atoms with Crippen molar-refractivity contribution in [3.8, 4) is 0 Å². The smallest absolute Gasteiger partial charge is 0.338 e. The number of aliphatic hydroxyl groups is 2. The fourth-order valence-corrected chi connectivity index (χ4v) is 1.16. The van der Waals surface area contributed by atoms with E-state index in [4.69, 9.17) is 15.3 Å². The van der Waals surface area contributed by atoms with Crippen LogP contribution in [0.25, 0.3) is 0 Å². The van der Waals surface area contributed by atoms with Gasteiger partial charge in [0.15, 0.2) is 0 Å². The zero-order chi connectivity index (χ0) is 12.8. The number of carbonyl (C=O) groups excluding carboxylic acids is 1. The van der Waals surface area contributed by atoms with E-state index in [1.807, 2.05) is 0 Å². The van der Waals surface area contributed by atoms with Gasteiger partial charge in [-0.2, -0.15) is 0 Å². The lowest BCUT2D eigenvalue weighted by atomic mass is 10.2. The second-order valence-electron chi connectivity index (χ2n) is 3.24. The van der Waals surface area contributed by atoms with Crippen molar-refractivity contribution in [3.63, 3.8) is 0 Å². The highest BCUT2D eigenvalue weighted by Gasteiger charge is 2.19. The summed E-state index contributed by atoms with van der Waals surface area (Å²) in [7, 11) is 0. The summed E-state index contributed by atoms with van der Waals surface area (Å²) in [6.07, 6.45) is 1.29. The van der Waals surface area contributed by atoms with Gasteiger partial charge in [-0.25, -0.2) is 4.79 Å². The molecular formula is C10H12N2O5. The average molecular weight is 240 g/mol. The van der Waals surface area contributed by atoms with Crippen LogP contribution in [0.2, 0.25) is 0 Å². The number of carbonyl (C=O) groups is 2. The Bertz CT molecular complexity index is 417. The quantitative estimate of drug-likeness (QED) is 0.516.